The van der Waals surface area contributed by atoms with Gasteiger partial charge in [0.1, 0.15) is 6.04 Å². The van der Waals surface area contributed by atoms with Crippen molar-refractivity contribution in [1.82, 2.24) is 14.9 Å². The zero-order valence-electron chi connectivity index (χ0n) is 17.6. The van der Waals surface area contributed by atoms with E-state index in [1.54, 1.807) is 35.6 Å². The van der Waals surface area contributed by atoms with Gasteiger partial charge in [0, 0.05) is 26.6 Å². The normalized spacial score (nSPS) is 16.4. The van der Waals surface area contributed by atoms with E-state index >= 15 is 0 Å². The molecule has 1 fully saturated rings. The van der Waals surface area contributed by atoms with E-state index in [2.05, 4.69) is 10.6 Å². The number of hydrogen-bond donors (Lipinski definition) is 2. The van der Waals surface area contributed by atoms with Gasteiger partial charge in [-0.3, -0.25) is 9.59 Å². The molecule has 1 aliphatic heterocycles. The highest BCUT2D eigenvalue weighted by molar-refractivity contribution is 7.89. The molecule has 0 radical (unpaired) electrons. The first-order chi connectivity index (χ1) is 13.7. The van der Waals surface area contributed by atoms with Crippen molar-refractivity contribution in [3.8, 4) is 0 Å². The second-order valence-corrected chi connectivity index (χ2v) is 9.91. The fourth-order valence-corrected chi connectivity index (χ4v) is 5.00. The van der Waals surface area contributed by atoms with E-state index in [0.717, 1.165) is 24.8 Å². The number of piperidine rings is 1. The summed E-state index contributed by atoms with van der Waals surface area (Å²) >= 11 is 0. The molecule has 2 N–H and O–H groups in total. The topological polar surface area (TPSA) is 95.6 Å². The van der Waals surface area contributed by atoms with Crippen molar-refractivity contribution in [1.29, 1.82) is 0 Å². The average molecular weight is 424 g/mol. The maximum absolute atomic E-state index is 12.7. The van der Waals surface area contributed by atoms with Crippen LogP contribution >= 0.6 is 0 Å². The minimum atomic E-state index is -3.44. The summed E-state index contributed by atoms with van der Waals surface area (Å²) < 4.78 is 26.9. The minimum Gasteiger partial charge on any atom is -0.357 e. The quantitative estimate of drug-likeness (QED) is 0.636. The second-order valence-electron chi connectivity index (χ2n) is 7.97. The Morgan fingerprint density at radius 3 is 2.24 bits per heavy atom. The number of rotatable bonds is 9. The summed E-state index contributed by atoms with van der Waals surface area (Å²) in [5.74, 6) is -0.101. The highest BCUT2D eigenvalue weighted by Crippen LogP contribution is 2.21. The van der Waals surface area contributed by atoms with Gasteiger partial charge in [0.2, 0.25) is 21.8 Å². The van der Waals surface area contributed by atoms with Gasteiger partial charge in [-0.2, -0.15) is 4.31 Å². The molecule has 0 saturated carbocycles. The summed E-state index contributed by atoms with van der Waals surface area (Å²) in [6.07, 6.45) is 4.18. The number of benzene rings is 1. The zero-order valence-corrected chi connectivity index (χ0v) is 18.4. The number of carbonyl (C=O) groups is 2. The fourth-order valence-electron chi connectivity index (χ4n) is 3.48. The van der Waals surface area contributed by atoms with E-state index in [1.165, 1.54) is 0 Å². The predicted octanol–water partition coefficient (Wildman–Crippen LogP) is 2.07. The Hall–Kier alpha value is -1.93. The Morgan fingerprint density at radius 2 is 1.69 bits per heavy atom. The van der Waals surface area contributed by atoms with Gasteiger partial charge in [0.05, 0.1) is 4.90 Å². The molecule has 2 rings (SSSR count). The van der Waals surface area contributed by atoms with E-state index in [9.17, 15) is 18.0 Å². The number of sulfonamides is 1. The molecule has 29 heavy (non-hydrogen) atoms. The molecule has 0 spiro atoms. The van der Waals surface area contributed by atoms with Crippen LogP contribution in [0.15, 0.2) is 29.2 Å². The summed E-state index contributed by atoms with van der Waals surface area (Å²) in [6, 6.07) is 6.21. The van der Waals surface area contributed by atoms with Crippen molar-refractivity contribution >= 4 is 21.8 Å². The first-order valence-electron chi connectivity index (χ1n) is 10.3. The second kappa shape index (κ2) is 10.7. The molecule has 1 aromatic carbocycles. The lowest BCUT2D eigenvalue weighted by molar-refractivity contribution is -0.129. The summed E-state index contributed by atoms with van der Waals surface area (Å²) in [5, 5.41) is 5.38. The number of hydrogen-bond acceptors (Lipinski definition) is 4. The maximum atomic E-state index is 12.7. The van der Waals surface area contributed by atoms with Crippen molar-refractivity contribution < 1.29 is 18.0 Å². The third kappa shape index (κ3) is 6.82. The van der Waals surface area contributed by atoms with Crippen LogP contribution in [0, 0.1) is 5.92 Å². The Kier molecular flexibility index (Phi) is 8.64. The molecule has 162 valence electrons. The summed E-state index contributed by atoms with van der Waals surface area (Å²) in [4.78, 5) is 24.5. The molecular formula is C21H33N3O4S. The molecular weight excluding hydrogens is 390 g/mol. The first kappa shape index (κ1) is 23.3. The van der Waals surface area contributed by atoms with Gasteiger partial charge < -0.3 is 10.6 Å². The van der Waals surface area contributed by atoms with Gasteiger partial charge in [0.25, 0.3) is 0 Å². The lowest BCUT2D eigenvalue weighted by Crippen LogP contribution is -2.46. The van der Waals surface area contributed by atoms with Crippen LogP contribution in [0.2, 0.25) is 0 Å². The Bertz CT molecular complexity index is 785. The van der Waals surface area contributed by atoms with E-state index in [0.29, 0.717) is 30.8 Å². The molecule has 1 heterocycles. The first-order valence-corrected chi connectivity index (χ1v) is 11.8. The van der Waals surface area contributed by atoms with Gasteiger partial charge in [-0.1, -0.05) is 32.4 Å². The summed E-state index contributed by atoms with van der Waals surface area (Å²) in [7, 11) is -1.88. The monoisotopic (exact) mass is 423 g/mol. The van der Waals surface area contributed by atoms with E-state index in [-0.39, 0.29) is 24.2 Å². The number of nitrogens with one attached hydrogen (secondary N) is 2. The zero-order chi connectivity index (χ0) is 21.4. The van der Waals surface area contributed by atoms with Gasteiger partial charge in [-0.05, 0) is 49.3 Å². The minimum absolute atomic E-state index is 0.190. The highest BCUT2D eigenvalue weighted by Gasteiger charge is 2.25. The summed E-state index contributed by atoms with van der Waals surface area (Å²) in [5.41, 5.74) is 0.887. The molecule has 7 nitrogen and oxygen atoms in total. The van der Waals surface area contributed by atoms with E-state index < -0.39 is 16.1 Å². The number of nitrogens with zero attached hydrogens (tertiary/aromatic N) is 1. The molecule has 1 atom stereocenters. The number of likely N-dealkylation sites (N-methyl/N-ethyl adjacent to an activating group) is 1. The van der Waals surface area contributed by atoms with Crippen molar-refractivity contribution in [2.75, 3.05) is 20.1 Å². The molecule has 0 aromatic heterocycles. The fraction of sp³-hybridized carbons (Fsp3) is 0.619. The van der Waals surface area contributed by atoms with Crippen molar-refractivity contribution in [3.63, 3.8) is 0 Å². The van der Waals surface area contributed by atoms with Gasteiger partial charge in [-0.25, -0.2) is 8.42 Å². The summed E-state index contributed by atoms with van der Waals surface area (Å²) in [6.45, 7) is 5.16. The standard InChI is InChI=1S/C21H33N3O4S/c1-16(2)15-19(21(26)22-3)23-20(25)12-9-17-7-10-18(11-8-17)29(27,28)24-13-5-4-6-14-24/h7-8,10-11,16,19H,4-6,9,12-15H2,1-3H3,(H,22,26)(H,23,25). The van der Waals surface area contributed by atoms with E-state index in [1.807, 2.05) is 13.8 Å². The van der Waals surface area contributed by atoms with Crippen molar-refractivity contribution in [3.05, 3.63) is 29.8 Å². The van der Waals surface area contributed by atoms with Crippen LogP contribution in [0.3, 0.4) is 0 Å². The number of carbonyl (C=O) groups excluding carboxylic acids is 2. The van der Waals surface area contributed by atoms with E-state index in [4.69, 9.17) is 0 Å². The van der Waals surface area contributed by atoms with Crippen molar-refractivity contribution in [2.45, 2.75) is 63.3 Å². The number of aryl methyl sites for hydroxylation is 1. The van der Waals surface area contributed by atoms with Crippen LogP contribution in [-0.2, 0) is 26.0 Å². The maximum Gasteiger partial charge on any atom is 0.243 e. The van der Waals surface area contributed by atoms with Crippen LogP contribution in [0.1, 0.15) is 51.5 Å². The third-order valence-corrected chi connectivity index (χ3v) is 7.03. The molecule has 8 heteroatoms. The third-order valence-electron chi connectivity index (χ3n) is 5.12. The predicted molar refractivity (Wildman–Crippen MR) is 113 cm³/mol. The van der Waals surface area contributed by atoms with Crippen LogP contribution in [0.25, 0.3) is 0 Å². The van der Waals surface area contributed by atoms with Crippen LogP contribution in [0.4, 0.5) is 0 Å². The molecule has 0 aliphatic carbocycles. The van der Waals surface area contributed by atoms with Crippen LogP contribution in [-0.4, -0.2) is 50.7 Å². The molecule has 1 saturated heterocycles. The Morgan fingerprint density at radius 1 is 1.07 bits per heavy atom. The Labute approximate surface area is 174 Å². The Balaban J connectivity index is 1.92. The van der Waals surface area contributed by atoms with Gasteiger partial charge in [0.15, 0.2) is 0 Å². The lowest BCUT2D eigenvalue weighted by atomic mass is 10.0. The van der Waals surface area contributed by atoms with Gasteiger partial charge >= 0.3 is 0 Å². The average Bonchev–Trinajstić information content (AvgIpc) is 2.71. The van der Waals surface area contributed by atoms with Crippen LogP contribution in [0.5, 0.6) is 0 Å². The van der Waals surface area contributed by atoms with Gasteiger partial charge in [-0.15, -0.1) is 0 Å². The lowest BCUT2D eigenvalue weighted by Gasteiger charge is -2.25. The number of amides is 2. The largest absolute Gasteiger partial charge is 0.357 e. The smallest absolute Gasteiger partial charge is 0.243 e. The van der Waals surface area contributed by atoms with Crippen LogP contribution < -0.4 is 10.6 Å². The molecule has 1 aromatic rings. The molecule has 2 amide bonds. The highest BCUT2D eigenvalue weighted by atomic mass is 32.2. The van der Waals surface area contributed by atoms with Crippen molar-refractivity contribution in [2.24, 2.45) is 5.92 Å². The molecule has 0 bridgehead atoms. The SMILES string of the molecule is CNC(=O)C(CC(C)C)NC(=O)CCc1ccc(S(=O)(=O)N2CCCCC2)cc1. The molecule has 1 aliphatic rings. The molecule has 1 unspecified atom stereocenters.